The number of nitrogens with one attached hydrogen (secondary N) is 1. The van der Waals surface area contributed by atoms with Crippen LogP contribution in [0.5, 0.6) is 0 Å². The van der Waals surface area contributed by atoms with Crippen LogP contribution < -0.4 is 5.32 Å². The van der Waals surface area contributed by atoms with E-state index in [0.29, 0.717) is 12.8 Å². The van der Waals surface area contributed by atoms with Gasteiger partial charge in [-0.05, 0) is 41.5 Å². The predicted octanol–water partition coefficient (Wildman–Crippen LogP) is 3.87. The van der Waals surface area contributed by atoms with Crippen molar-refractivity contribution in [3.63, 3.8) is 0 Å². The van der Waals surface area contributed by atoms with Gasteiger partial charge in [-0.2, -0.15) is 0 Å². The molecule has 3 aliphatic rings. The number of hydrogen-bond donors (Lipinski definition) is 2. The van der Waals surface area contributed by atoms with Gasteiger partial charge in [-0.3, -0.25) is 4.79 Å². The number of carboxylic acid groups (broad SMARTS) is 1. The first-order chi connectivity index (χ1) is 16.8. The van der Waals surface area contributed by atoms with E-state index in [-0.39, 0.29) is 25.5 Å². The van der Waals surface area contributed by atoms with Gasteiger partial charge in [-0.1, -0.05) is 48.5 Å². The number of alkyl carbamates (subject to hydrolysis) is 1. The molecule has 0 spiro atoms. The summed E-state index contributed by atoms with van der Waals surface area (Å²) in [7, 11) is 0. The molecule has 0 aromatic heterocycles. The van der Waals surface area contributed by atoms with E-state index in [0.717, 1.165) is 27.2 Å². The number of likely N-dealkylation sites (tertiary alicyclic amines) is 1. The van der Waals surface area contributed by atoms with Crippen molar-refractivity contribution in [3.05, 3.63) is 59.7 Å². The topological polar surface area (TPSA) is 95.9 Å². The molecule has 1 saturated heterocycles. The Morgan fingerprint density at radius 2 is 1.66 bits per heavy atom. The summed E-state index contributed by atoms with van der Waals surface area (Å²) in [6.07, 6.45) is 0.634. The first kappa shape index (κ1) is 23.3. The van der Waals surface area contributed by atoms with E-state index >= 15 is 0 Å². The minimum absolute atomic E-state index is 0.0529. The highest BCUT2D eigenvalue weighted by Crippen LogP contribution is 2.56. The zero-order valence-corrected chi connectivity index (χ0v) is 19.0. The SMILES string of the molecule is O=C(NCC1C(C(=O)N2CCCC[C@H]2C(=O)O)C1(F)F)OCC1c2ccccc2-c2ccccc21. The third kappa shape index (κ3) is 4.13. The number of fused-ring (bicyclic) bond motifs is 3. The van der Waals surface area contributed by atoms with Crippen LogP contribution in [0.1, 0.15) is 36.3 Å². The summed E-state index contributed by atoms with van der Waals surface area (Å²) in [6.45, 7) is -0.224. The molecule has 2 aromatic carbocycles. The molecule has 1 heterocycles. The lowest BCUT2D eigenvalue weighted by Gasteiger charge is -2.33. The number of aliphatic carboxylic acids is 1. The molecule has 2 N–H and O–H groups in total. The summed E-state index contributed by atoms with van der Waals surface area (Å²) in [5.74, 6) is -8.51. The monoisotopic (exact) mass is 484 g/mol. The van der Waals surface area contributed by atoms with Gasteiger partial charge in [-0.15, -0.1) is 0 Å². The maximum absolute atomic E-state index is 14.4. The fourth-order valence-corrected chi connectivity index (χ4v) is 5.45. The number of benzene rings is 2. The fourth-order valence-electron chi connectivity index (χ4n) is 5.45. The Bertz CT molecular complexity index is 1120. The maximum atomic E-state index is 14.4. The van der Waals surface area contributed by atoms with Crippen LogP contribution >= 0.6 is 0 Å². The predicted molar refractivity (Wildman–Crippen MR) is 122 cm³/mol. The third-order valence-electron chi connectivity index (χ3n) is 7.35. The van der Waals surface area contributed by atoms with Crippen molar-refractivity contribution in [3.8, 4) is 11.1 Å². The summed E-state index contributed by atoms with van der Waals surface area (Å²) in [5.41, 5.74) is 4.23. The first-order valence-electron chi connectivity index (χ1n) is 11.8. The van der Waals surface area contributed by atoms with E-state index in [9.17, 15) is 28.3 Å². The highest BCUT2D eigenvalue weighted by atomic mass is 19.3. The Morgan fingerprint density at radius 1 is 1.03 bits per heavy atom. The number of piperidine rings is 1. The van der Waals surface area contributed by atoms with E-state index < -0.39 is 48.3 Å². The fraction of sp³-hybridized carbons (Fsp3) is 0.423. The second-order valence-corrected chi connectivity index (χ2v) is 9.35. The van der Waals surface area contributed by atoms with E-state index in [1.165, 1.54) is 0 Å². The number of carboxylic acids is 1. The van der Waals surface area contributed by atoms with Crippen molar-refractivity contribution in [2.75, 3.05) is 19.7 Å². The van der Waals surface area contributed by atoms with Crippen molar-refractivity contribution < 1.29 is 33.0 Å². The molecule has 0 bridgehead atoms. The number of rotatable bonds is 6. The number of amides is 2. The van der Waals surface area contributed by atoms with Gasteiger partial charge in [0, 0.05) is 19.0 Å². The normalized spacial score (nSPS) is 24.3. The molecule has 35 heavy (non-hydrogen) atoms. The maximum Gasteiger partial charge on any atom is 0.407 e. The van der Waals surface area contributed by atoms with Crippen LogP contribution in [0, 0.1) is 11.8 Å². The van der Waals surface area contributed by atoms with Gasteiger partial charge < -0.3 is 20.1 Å². The number of carbonyl (C=O) groups is 3. The second kappa shape index (κ2) is 8.94. The lowest BCUT2D eigenvalue weighted by Crippen LogP contribution is -2.49. The molecule has 2 unspecified atom stereocenters. The average molecular weight is 484 g/mol. The van der Waals surface area contributed by atoms with Crippen LogP contribution in [0.25, 0.3) is 11.1 Å². The zero-order chi connectivity index (χ0) is 24.7. The molecule has 2 fully saturated rings. The van der Waals surface area contributed by atoms with Crippen molar-refractivity contribution in [2.24, 2.45) is 11.8 Å². The van der Waals surface area contributed by atoms with Crippen LogP contribution in [0.3, 0.4) is 0 Å². The lowest BCUT2D eigenvalue weighted by molar-refractivity contribution is -0.153. The second-order valence-electron chi connectivity index (χ2n) is 9.35. The Hall–Kier alpha value is -3.49. The summed E-state index contributed by atoms with van der Waals surface area (Å²) in [4.78, 5) is 37.6. The van der Waals surface area contributed by atoms with Gasteiger partial charge in [0.15, 0.2) is 0 Å². The van der Waals surface area contributed by atoms with Crippen molar-refractivity contribution in [1.82, 2.24) is 10.2 Å². The Kier molecular flexibility index (Phi) is 5.94. The van der Waals surface area contributed by atoms with Crippen LogP contribution in [-0.2, 0) is 14.3 Å². The van der Waals surface area contributed by atoms with E-state index in [4.69, 9.17) is 4.74 Å². The van der Waals surface area contributed by atoms with Crippen LogP contribution in [0.15, 0.2) is 48.5 Å². The standard InChI is InChI=1S/C26H26F2N2O5/c27-26(28)20(22(26)23(31)30-12-6-5-11-21(30)24(32)33)13-29-25(34)35-14-19-17-9-3-1-7-15(17)16-8-2-4-10-18(16)19/h1-4,7-10,19-22H,5-6,11-14H2,(H,29,34)(H,32,33)/t20?,21-,22?/m0/s1. The number of halogens is 2. The largest absolute Gasteiger partial charge is 0.480 e. The molecular weight excluding hydrogens is 458 g/mol. The molecule has 1 saturated carbocycles. The van der Waals surface area contributed by atoms with Gasteiger partial charge in [-0.25, -0.2) is 18.4 Å². The lowest BCUT2D eigenvalue weighted by atomic mass is 9.98. The molecule has 2 amide bonds. The Labute approximate surface area is 201 Å². The van der Waals surface area contributed by atoms with E-state index in [1.807, 2.05) is 48.5 Å². The van der Waals surface area contributed by atoms with Gasteiger partial charge in [0.05, 0.1) is 5.92 Å². The zero-order valence-electron chi connectivity index (χ0n) is 19.0. The van der Waals surface area contributed by atoms with Crippen LogP contribution in [0.4, 0.5) is 13.6 Å². The molecule has 3 atom stereocenters. The number of hydrogen-bond acceptors (Lipinski definition) is 4. The number of ether oxygens (including phenoxy) is 1. The smallest absolute Gasteiger partial charge is 0.407 e. The van der Waals surface area contributed by atoms with Gasteiger partial charge in [0.25, 0.3) is 5.92 Å². The van der Waals surface area contributed by atoms with Gasteiger partial charge in [0.1, 0.15) is 18.6 Å². The Balaban J connectivity index is 1.18. The summed E-state index contributed by atoms with van der Waals surface area (Å²) in [6, 6.07) is 14.6. The van der Waals surface area contributed by atoms with Crippen LogP contribution in [-0.4, -0.2) is 59.6 Å². The van der Waals surface area contributed by atoms with Crippen LogP contribution in [0.2, 0.25) is 0 Å². The third-order valence-corrected chi connectivity index (χ3v) is 7.35. The summed E-state index contributed by atoms with van der Waals surface area (Å²) < 4.78 is 34.2. The van der Waals surface area contributed by atoms with Gasteiger partial charge >= 0.3 is 12.1 Å². The minimum atomic E-state index is -3.30. The average Bonchev–Trinajstić information content (AvgIpc) is 3.26. The molecule has 7 nitrogen and oxygen atoms in total. The number of alkyl halides is 2. The van der Waals surface area contributed by atoms with E-state index in [2.05, 4.69) is 5.32 Å². The number of nitrogens with zero attached hydrogens (tertiary/aromatic N) is 1. The molecule has 2 aliphatic carbocycles. The first-order valence-corrected chi connectivity index (χ1v) is 11.8. The molecule has 0 radical (unpaired) electrons. The highest BCUT2D eigenvalue weighted by molar-refractivity contribution is 5.88. The quantitative estimate of drug-likeness (QED) is 0.649. The Morgan fingerprint density at radius 3 is 2.29 bits per heavy atom. The molecule has 184 valence electrons. The molecule has 1 aliphatic heterocycles. The van der Waals surface area contributed by atoms with Gasteiger partial charge in [0.2, 0.25) is 5.91 Å². The van der Waals surface area contributed by atoms with Crippen molar-refractivity contribution >= 4 is 18.0 Å². The highest BCUT2D eigenvalue weighted by Gasteiger charge is 2.72. The molecule has 2 aromatic rings. The molecule has 9 heteroatoms. The summed E-state index contributed by atoms with van der Waals surface area (Å²) in [5, 5.41) is 11.7. The van der Waals surface area contributed by atoms with E-state index in [1.54, 1.807) is 0 Å². The minimum Gasteiger partial charge on any atom is -0.480 e. The van der Waals surface area contributed by atoms with Crippen molar-refractivity contribution in [2.45, 2.75) is 37.1 Å². The number of carbonyl (C=O) groups excluding carboxylic acids is 2. The van der Waals surface area contributed by atoms with Crippen molar-refractivity contribution in [1.29, 1.82) is 0 Å². The summed E-state index contributed by atoms with van der Waals surface area (Å²) >= 11 is 0. The molecular formula is C26H26F2N2O5. The molecule has 5 rings (SSSR count).